The Hall–Kier alpha value is -2.21. The summed E-state index contributed by atoms with van der Waals surface area (Å²) in [5.41, 5.74) is 7.08. The minimum Gasteiger partial charge on any atom is -0.478 e. The first-order valence-electron chi connectivity index (χ1n) is 5.81. The highest BCUT2D eigenvalue weighted by atomic mass is 32.1. The molecule has 0 spiro atoms. The summed E-state index contributed by atoms with van der Waals surface area (Å²) in [5, 5.41) is 3.13. The van der Waals surface area contributed by atoms with E-state index in [1.807, 2.05) is 25.1 Å². The maximum Gasteiger partial charge on any atom is 0.213 e. The van der Waals surface area contributed by atoms with Crippen molar-refractivity contribution in [3.05, 3.63) is 42.2 Å². The van der Waals surface area contributed by atoms with Crippen molar-refractivity contribution in [1.29, 1.82) is 0 Å². The first-order valence-corrected chi connectivity index (χ1v) is 6.21. The van der Waals surface area contributed by atoms with Gasteiger partial charge in [0.1, 0.15) is 10.8 Å². The average Bonchev–Trinajstić information content (AvgIpc) is 2.42. The van der Waals surface area contributed by atoms with Gasteiger partial charge in [0.2, 0.25) is 5.88 Å². The van der Waals surface area contributed by atoms with Crippen molar-refractivity contribution >= 4 is 28.7 Å². The lowest BCUT2D eigenvalue weighted by Crippen LogP contribution is -2.09. The van der Waals surface area contributed by atoms with Gasteiger partial charge in [-0.25, -0.2) is 9.97 Å². The molecule has 0 amide bonds. The van der Waals surface area contributed by atoms with Gasteiger partial charge < -0.3 is 15.8 Å². The summed E-state index contributed by atoms with van der Waals surface area (Å²) in [5.74, 6) is 1.30. The second-order valence-corrected chi connectivity index (χ2v) is 4.18. The summed E-state index contributed by atoms with van der Waals surface area (Å²) in [6.07, 6.45) is 3.32. The second kappa shape index (κ2) is 6.10. The monoisotopic (exact) mass is 274 g/mol. The van der Waals surface area contributed by atoms with Gasteiger partial charge in [0.25, 0.3) is 0 Å². The van der Waals surface area contributed by atoms with E-state index in [1.165, 1.54) is 0 Å². The summed E-state index contributed by atoms with van der Waals surface area (Å²) in [4.78, 5) is 8.71. The van der Waals surface area contributed by atoms with Crippen LogP contribution in [0.3, 0.4) is 0 Å². The molecule has 0 aliphatic heterocycles. The molecule has 5 nitrogen and oxygen atoms in total. The standard InChI is InChI=1S/C13H14N4OS/c1-2-18-12-6-4-10(8-16-12)17-11-5-3-9(7-15-11)13(14)19/h3-8H,2H2,1H3,(H2,14,19)(H,15,17). The van der Waals surface area contributed by atoms with Crippen molar-refractivity contribution in [1.82, 2.24) is 9.97 Å². The average molecular weight is 274 g/mol. The highest BCUT2D eigenvalue weighted by Crippen LogP contribution is 2.16. The van der Waals surface area contributed by atoms with Crippen LogP contribution in [0.1, 0.15) is 12.5 Å². The Balaban J connectivity index is 2.06. The zero-order chi connectivity index (χ0) is 13.7. The van der Waals surface area contributed by atoms with Crippen LogP contribution in [0.4, 0.5) is 11.5 Å². The Morgan fingerprint density at radius 3 is 2.63 bits per heavy atom. The Labute approximate surface area is 116 Å². The van der Waals surface area contributed by atoms with Crippen LogP contribution in [0.2, 0.25) is 0 Å². The van der Waals surface area contributed by atoms with Gasteiger partial charge in [0, 0.05) is 17.8 Å². The summed E-state index contributed by atoms with van der Waals surface area (Å²) >= 11 is 4.87. The molecule has 0 atom stereocenters. The third-order valence-corrected chi connectivity index (χ3v) is 2.58. The summed E-state index contributed by atoms with van der Waals surface area (Å²) in [7, 11) is 0. The molecule has 0 aliphatic carbocycles. The molecule has 0 radical (unpaired) electrons. The molecule has 19 heavy (non-hydrogen) atoms. The zero-order valence-corrected chi connectivity index (χ0v) is 11.3. The predicted octanol–water partition coefficient (Wildman–Crippen LogP) is 2.25. The van der Waals surface area contributed by atoms with E-state index in [9.17, 15) is 0 Å². The molecule has 0 aromatic carbocycles. The number of nitrogens with two attached hydrogens (primary N) is 1. The van der Waals surface area contributed by atoms with E-state index in [4.69, 9.17) is 22.7 Å². The predicted molar refractivity (Wildman–Crippen MR) is 78.8 cm³/mol. The topological polar surface area (TPSA) is 73.1 Å². The van der Waals surface area contributed by atoms with Crippen LogP contribution in [0, 0.1) is 0 Å². The summed E-state index contributed by atoms with van der Waals surface area (Å²) in [6, 6.07) is 7.31. The number of rotatable bonds is 5. The van der Waals surface area contributed by atoms with Gasteiger partial charge in [0.15, 0.2) is 0 Å². The number of ether oxygens (including phenoxy) is 1. The van der Waals surface area contributed by atoms with E-state index in [2.05, 4.69) is 15.3 Å². The Bertz CT molecular complexity index is 554. The Kier molecular flexibility index (Phi) is 4.25. The molecule has 2 rings (SSSR count). The summed E-state index contributed by atoms with van der Waals surface area (Å²) in [6.45, 7) is 2.52. The van der Waals surface area contributed by atoms with Gasteiger partial charge in [-0.3, -0.25) is 0 Å². The molecule has 0 fully saturated rings. The van der Waals surface area contributed by atoms with Crippen LogP contribution in [-0.4, -0.2) is 21.6 Å². The van der Waals surface area contributed by atoms with Gasteiger partial charge in [-0.2, -0.15) is 0 Å². The van der Waals surface area contributed by atoms with Crippen LogP contribution in [0.15, 0.2) is 36.7 Å². The Morgan fingerprint density at radius 2 is 2.11 bits per heavy atom. The van der Waals surface area contributed by atoms with Gasteiger partial charge in [0.05, 0.1) is 18.5 Å². The van der Waals surface area contributed by atoms with Crippen molar-refractivity contribution in [2.24, 2.45) is 5.73 Å². The quantitative estimate of drug-likeness (QED) is 0.815. The minimum atomic E-state index is 0.335. The smallest absolute Gasteiger partial charge is 0.213 e. The zero-order valence-electron chi connectivity index (χ0n) is 10.5. The molecule has 0 saturated heterocycles. The lowest BCUT2D eigenvalue weighted by Gasteiger charge is -2.07. The molecule has 98 valence electrons. The van der Waals surface area contributed by atoms with Crippen molar-refractivity contribution in [3.8, 4) is 5.88 Å². The van der Waals surface area contributed by atoms with E-state index in [0.717, 1.165) is 11.3 Å². The van der Waals surface area contributed by atoms with Crippen molar-refractivity contribution < 1.29 is 4.74 Å². The number of pyridine rings is 2. The number of anilines is 2. The van der Waals surface area contributed by atoms with Gasteiger partial charge in [-0.15, -0.1) is 0 Å². The van der Waals surface area contributed by atoms with Gasteiger partial charge in [-0.05, 0) is 25.1 Å². The molecule has 2 aromatic rings. The fourth-order valence-corrected chi connectivity index (χ4v) is 1.57. The molecule has 3 N–H and O–H groups in total. The fraction of sp³-hybridized carbons (Fsp3) is 0.154. The molecule has 0 aliphatic rings. The number of hydrogen-bond acceptors (Lipinski definition) is 5. The third kappa shape index (κ3) is 3.62. The number of nitrogens with zero attached hydrogens (tertiary/aromatic N) is 2. The number of thiocarbonyl (C=S) groups is 1. The van der Waals surface area contributed by atoms with Gasteiger partial charge in [-0.1, -0.05) is 12.2 Å². The molecule has 6 heteroatoms. The van der Waals surface area contributed by atoms with Crippen molar-refractivity contribution in [2.45, 2.75) is 6.92 Å². The number of hydrogen-bond donors (Lipinski definition) is 2. The lowest BCUT2D eigenvalue weighted by molar-refractivity contribution is 0.327. The normalized spacial score (nSPS) is 9.95. The van der Waals surface area contributed by atoms with E-state index < -0.39 is 0 Å². The SMILES string of the molecule is CCOc1ccc(Nc2ccc(C(N)=S)cn2)cn1. The minimum absolute atomic E-state index is 0.335. The second-order valence-electron chi connectivity index (χ2n) is 3.74. The Morgan fingerprint density at radius 1 is 1.26 bits per heavy atom. The third-order valence-electron chi connectivity index (χ3n) is 2.35. The van der Waals surface area contributed by atoms with Crippen LogP contribution in [0.5, 0.6) is 5.88 Å². The van der Waals surface area contributed by atoms with E-state index in [0.29, 0.717) is 23.3 Å². The highest BCUT2D eigenvalue weighted by molar-refractivity contribution is 7.80. The van der Waals surface area contributed by atoms with Crippen LogP contribution < -0.4 is 15.8 Å². The van der Waals surface area contributed by atoms with Crippen molar-refractivity contribution in [3.63, 3.8) is 0 Å². The molecule has 0 saturated carbocycles. The summed E-state index contributed by atoms with van der Waals surface area (Å²) < 4.78 is 5.27. The molecule has 2 aromatic heterocycles. The van der Waals surface area contributed by atoms with Crippen LogP contribution in [0.25, 0.3) is 0 Å². The largest absolute Gasteiger partial charge is 0.478 e. The first kappa shape index (κ1) is 13.2. The highest BCUT2D eigenvalue weighted by Gasteiger charge is 2.00. The molecule has 0 unspecified atom stereocenters. The molecule has 2 heterocycles. The van der Waals surface area contributed by atoms with E-state index >= 15 is 0 Å². The fourth-order valence-electron chi connectivity index (χ4n) is 1.45. The van der Waals surface area contributed by atoms with Crippen LogP contribution in [-0.2, 0) is 0 Å². The van der Waals surface area contributed by atoms with Crippen LogP contribution >= 0.6 is 12.2 Å². The van der Waals surface area contributed by atoms with Crippen molar-refractivity contribution in [2.75, 3.05) is 11.9 Å². The van der Waals surface area contributed by atoms with E-state index in [1.54, 1.807) is 18.5 Å². The number of aromatic nitrogens is 2. The maximum atomic E-state index is 5.51. The van der Waals surface area contributed by atoms with Gasteiger partial charge >= 0.3 is 0 Å². The molecule has 0 bridgehead atoms. The number of nitrogens with one attached hydrogen (secondary N) is 1. The maximum absolute atomic E-state index is 5.51. The lowest BCUT2D eigenvalue weighted by atomic mass is 10.3. The first-order chi connectivity index (χ1) is 9.19. The molecular weight excluding hydrogens is 260 g/mol. The molecular formula is C13H14N4OS. The van der Waals surface area contributed by atoms with E-state index in [-0.39, 0.29) is 0 Å².